The first-order valence-electron chi connectivity index (χ1n) is 9.58. The van der Waals surface area contributed by atoms with E-state index in [1.165, 1.54) is 18.2 Å². The van der Waals surface area contributed by atoms with Gasteiger partial charge in [-0.05, 0) is 37.1 Å². The molecule has 1 N–H and O–H groups in total. The first-order valence-corrected chi connectivity index (χ1v) is 10.8. The monoisotopic (exact) mass is 460 g/mol. The topological polar surface area (TPSA) is 107 Å². The molecule has 31 heavy (non-hydrogen) atoms. The van der Waals surface area contributed by atoms with E-state index in [2.05, 4.69) is 10.3 Å². The Bertz CT molecular complexity index is 1210. The molecule has 10 heteroatoms. The zero-order valence-electron chi connectivity index (χ0n) is 17.2. The Hall–Kier alpha value is -2.91. The second-order valence-corrected chi connectivity index (χ2v) is 9.13. The lowest BCUT2D eigenvalue weighted by Gasteiger charge is -2.17. The largest absolute Gasteiger partial charge is 0.319 e. The highest BCUT2D eigenvalue weighted by Crippen LogP contribution is 2.27. The number of halogens is 1. The Balaban J connectivity index is 1.93. The quantitative estimate of drug-likeness (QED) is 0.236. The molecule has 0 aliphatic carbocycles. The molecule has 0 saturated heterocycles. The lowest BCUT2D eigenvalue weighted by Crippen LogP contribution is -2.28. The molecule has 0 fully saturated rings. The molecule has 1 atom stereocenters. The maximum atomic E-state index is 13.0. The summed E-state index contributed by atoms with van der Waals surface area (Å²) in [6, 6.07) is 10.8. The Labute approximate surface area is 187 Å². The molecular formula is C21H21ClN4O4S. The Kier molecular flexibility index (Phi) is 6.97. The molecule has 0 saturated carbocycles. The van der Waals surface area contributed by atoms with Gasteiger partial charge in [-0.1, -0.05) is 49.3 Å². The Morgan fingerprint density at radius 2 is 1.97 bits per heavy atom. The van der Waals surface area contributed by atoms with Crippen molar-refractivity contribution in [2.75, 3.05) is 5.32 Å². The zero-order chi connectivity index (χ0) is 22.7. The van der Waals surface area contributed by atoms with Crippen LogP contribution in [0.2, 0.25) is 5.02 Å². The van der Waals surface area contributed by atoms with Crippen molar-refractivity contribution in [3.63, 3.8) is 0 Å². The van der Waals surface area contributed by atoms with Crippen LogP contribution in [0.25, 0.3) is 10.9 Å². The molecule has 1 unspecified atom stereocenters. The van der Waals surface area contributed by atoms with Gasteiger partial charge >= 0.3 is 0 Å². The summed E-state index contributed by atoms with van der Waals surface area (Å²) in [5.41, 5.74) is 0.168. The van der Waals surface area contributed by atoms with Crippen LogP contribution in [-0.4, -0.2) is 25.6 Å². The smallest absolute Gasteiger partial charge is 0.292 e. The van der Waals surface area contributed by atoms with E-state index < -0.39 is 16.1 Å². The van der Waals surface area contributed by atoms with Crippen molar-refractivity contribution in [1.29, 1.82) is 0 Å². The predicted octanol–water partition coefficient (Wildman–Crippen LogP) is 4.73. The summed E-state index contributed by atoms with van der Waals surface area (Å²) >= 11 is 7.18. The minimum Gasteiger partial charge on any atom is -0.319 e. The number of benzene rings is 2. The SMILES string of the molecule is CC(C)Cn1c(SC(C)C(=O)Nc2ccccc2[N+](=O)[O-])nc2cc(Cl)ccc2c1=O. The summed E-state index contributed by atoms with van der Waals surface area (Å²) in [6.45, 7) is 6.06. The van der Waals surface area contributed by atoms with Gasteiger partial charge in [-0.15, -0.1) is 0 Å². The number of hydrogen-bond acceptors (Lipinski definition) is 6. The number of nitrogens with one attached hydrogen (secondary N) is 1. The molecule has 2 aromatic carbocycles. The molecule has 8 nitrogen and oxygen atoms in total. The number of anilines is 1. The number of fused-ring (bicyclic) bond motifs is 1. The lowest BCUT2D eigenvalue weighted by molar-refractivity contribution is -0.383. The van der Waals surface area contributed by atoms with Crippen LogP contribution in [0.1, 0.15) is 20.8 Å². The summed E-state index contributed by atoms with van der Waals surface area (Å²) in [5, 5.41) is 14.4. The van der Waals surface area contributed by atoms with Crippen LogP contribution in [-0.2, 0) is 11.3 Å². The molecule has 0 aliphatic heterocycles. The van der Waals surface area contributed by atoms with Crippen LogP contribution >= 0.6 is 23.4 Å². The van der Waals surface area contributed by atoms with Crippen molar-refractivity contribution < 1.29 is 9.72 Å². The third-order valence-corrected chi connectivity index (χ3v) is 5.77. The van der Waals surface area contributed by atoms with Crippen LogP contribution in [0.5, 0.6) is 0 Å². The second-order valence-electron chi connectivity index (χ2n) is 7.39. The number of nitrogens with zero attached hydrogens (tertiary/aromatic N) is 3. The van der Waals surface area contributed by atoms with Crippen LogP contribution in [0.3, 0.4) is 0 Å². The first kappa shape index (κ1) is 22.8. The fourth-order valence-electron chi connectivity index (χ4n) is 2.97. The van der Waals surface area contributed by atoms with Crippen molar-refractivity contribution in [3.8, 4) is 0 Å². The van der Waals surface area contributed by atoms with Gasteiger partial charge in [-0.3, -0.25) is 24.3 Å². The Morgan fingerprint density at radius 1 is 1.26 bits per heavy atom. The molecule has 1 heterocycles. The molecule has 0 spiro atoms. The number of aromatic nitrogens is 2. The average Bonchev–Trinajstić information content (AvgIpc) is 2.70. The van der Waals surface area contributed by atoms with Crippen LogP contribution in [0.15, 0.2) is 52.4 Å². The molecular weight excluding hydrogens is 440 g/mol. The number of nitro benzene ring substituents is 1. The molecule has 1 amide bonds. The Morgan fingerprint density at radius 3 is 2.65 bits per heavy atom. The number of carbonyl (C=O) groups is 1. The van der Waals surface area contributed by atoms with Gasteiger partial charge < -0.3 is 5.32 Å². The fraction of sp³-hybridized carbons (Fsp3) is 0.286. The number of rotatable bonds is 7. The maximum Gasteiger partial charge on any atom is 0.292 e. The minimum absolute atomic E-state index is 0.114. The van der Waals surface area contributed by atoms with E-state index >= 15 is 0 Å². The average molecular weight is 461 g/mol. The van der Waals surface area contributed by atoms with Gasteiger partial charge in [0, 0.05) is 17.6 Å². The maximum absolute atomic E-state index is 13.0. The van der Waals surface area contributed by atoms with E-state index in [0.717, 1.165) is 11.8 Å². The number of hydrogen-bond donors (Lipinski definition) is 1. The van der Waals surface area contributed by atoms with E-state index in [1.54, 1.807) is 35.8 Å². The van der Waals surface area contributed by atoms with Gasteiger partial charge in [-0.2, -0.15) is 0 Å². The fourth-order valence-corrected chi connectivity index (χ4v) is 4.06. The van der Waals surface area contributed by atoms with Gasteiger partial charge in [0.2, 0.25) is 5.91 Å². The summed E-state index contributed by atoms with van der Waals surface area (Å²) in [7, 11) is 0. The van der Waals surface area contributed by atoms with Crippen molar-refractivity contribution >= 4 is 51.5 Å². The predicted molar refractivity (Wildman–Crippen MR) is 123 cm³/mol. The second kappa shape index (κ2) is 9.49. The van der Waals surface area contributed by atoms with E-state index in [4.69, 9.17) is 11.6 Å². The third-order valence-electron chi connectivity index (χ3n) is 4.44. The molecule has 3 aromatic rings. The van der Waals surface area contributed by atoms with Gasteiger partial charge in [-0.25, -0.2) is 4.98 Å². The summed E-state index contributed by atoms with van der Waals surface area (Å²) < 4.78 is 1.56. The third kappa shape index (κ3) is 5.23. The van der Waals surface area contributed by atoms with Crippen molar-refractivity contribution in [3.05, 3.63) is 68.0 Å². The van der Waals surface area contributed by atoms with E-state index in [0.29, 0.717) is 27.6 Å². The summed E-state index contributed by atoms with van der Waals surface area (Å²) in [5.74, 6) is -0.254. The minimum atomic E-state index is -0.665. The number of thioether (sulfide) groups is 1. The highest BCUT2D eigenvalue weighted by atomic mass is 35.5. The van der Waals surface area contributed by atoms with E-state index in [1.807, 2.05) is 13.8 Å². The van der Waals surface area contributed by atoms with Gasteiger partial charge in [0.25, 0.3) is 11.2 Å². The zero-order valence-corrected chi connectivity index (χ0v) is 18.7. The number of nitro groups is 1. The molecule has 0 bridgehead atoms. The highest BCUT2D eigenvalue weighted by Gasteiger charge is 2.22. The lowest BCUT2D eigenvalue weighted by atomic mass is 10.2. The summed E-state index contributed by atoms with van der Waals surface area (Å²) in [4.78, 5) is 41.0. The number of para-hydroxylation sites is 2. The standard InChI is InChI=1S/C21H21ClN4O4S/c1-12(2)11-25-20(28)15-9-8-14(22)10-17(15)24-21(25)31-13(3)19(27)23-16-6-4-5-7-18(16)26(29)30/h4-10,12-13H,11H2,1-3H3,(H,23,27). The first-order chi connectivity index (χ1) is 14.7. The van der Waals surface area contributed by atoms with Gasteiger partial charge in [0.1, 0.15) is 5.69 Å². The van der Waals surface area contributed by atoms with Gasteiger partial charge in [0.15, 0.2) is 5.16 Å². The van der Waals surface area contributed by atoms with Crippen molar-refractivity contribution in [1.82, 2.24) is 9.55 Å². The molecule has 0 radical (unpaired) electrons. The van der Waals surface area contributed by atoms with E-state index in [-0.39, 0.29) is 22.9 Å². The highest BCUT2D eigenvalue weighted by molar-refractivity contribution is 8.00. The molecule has 162 valence electrons. The molecule has 3 rings (SSSR count). The van der Waals surface area contributed by atoms with Crippen LogP contribution in [0, 0.1) is 16.0 Å². The van der Waals surface area contributed by atoms with Gasteiger partial charge in [0.05, 0.1) is 21.1 Å². The van der Waals surface area contributed by atoms with Crippen LogP contribution < -0.4 is 10.9 Å². The summed E-state index contributed by atoms with van der Waals surface area (Å²) in [6.07, 6.45) is 0. The molecule has 0 aliphatic rings. The molecule has 1 aromatic heterocycles. The number of carbonyl (C=O) groups excluding carboxylic acids is 1. The van der Waals surface area contributed by atoms with Crippen molar-refractivity contribution in [2.45, 2.75) is 37.7 Å². The number of amides is 1. The normalized spacial score (nSPS) is 12.2. The van der Waals surface area contributed by atoms with Crippen molar-refractivity contribution in [2.24, 2.45) is 5.92 Å². The van der Waals surface area contributed by atoms with E-state index in [9.17, 15) is 19.7 Å². The van der Waals surface area contributed by atoms with Crippen LogP contribution in [0.4, 0.5) is 11.4 Å².